The fourth-order valence-corrected chi connectivity index (χ4v) is 2.76. The van der Waals surface area contributed by atoms with Crippen LogP contribution in [0.3, 0.4) is 0 Å². The number of nitrogens with one attached hydrogen (secondary N) is 1. The van der Waals surface area contributed by atoms with Crippen molar-refractivity contribution in [2.75, 3.05) is 5.32 Å². The highest BCUT2D eigenvalue weighted by Gasteiger charge is 2.19. The fourth-order valence-electron chi connectivity index (χ4n) is 2.54. The number of nitrogens with zero attached hydrogens (tertiary/aromatic N) is 3. The Balaban J connectivity index is 2.15. The van der Waals surface area contributed by atoms with Crippen LogP contribution in [0, 0.1) is 20.2 Å². The molecule has 3 aromatic rings. The number of rotatable bonds is 5. The highest BCUT2D eigenvalue weighted by Crippen LogP contribution is 2.32. The molecule has 9 nitrogen and oxygen atoms in total. The van der Waals surface area contributed by atoms with Crippen LogP contribution >= 0.6 is 11.6 Å². The van der Waals surface area contributed by atoms with Gasteiger partial charge in [-0.1, -0.05) is 11.6 Å². The van der Waals surface area contributed by atoms with Gasteiger partial charge in [-0.2, -0.15) is 0 Å². The number of Topliss-reactive ketones (excluding diaryl/α,β-unsaturated/α-hetero) is 1. The summed E-state index contributed by atoms with van der Waals surface area (Å²) in [5.41, 5.74) is 0.325. The van der Waals surface area contributed by atoms with E-state index in [1.165, 1.54) is 49.4 Å². The molecule has 3 rings (SSSR count). The first-order valence-electron chi connectivity index (χ1n) is 7.57. The van der Waals surface area contributed by atoms with Gasteiger partial charge in [-0.3, -0.25) is 25.0 Å². The van der Waals surface area contributed by atoms with Crippen LogP contribution in [-0.4, -0.2) is 20.6 Å². The molecule has 10 heteroatoms. The Morgan fingerprint density at radius 2 is 1.74 bits per heavy atom. The number of anilines is 2. The van der Waals surface area contributed by atoms with Gasteiger partial charge in [0.2, 0.25) is 0 Å². The van der Waals surface area contributed by atoms with Gasteiger partial charge in [-0.15, -0.1) is 0 Å². The summed E-state index contributed by atoms with van der Waals surface area (Å²) in [6, 6.07) is 9.61. The van der Waals surface area contributed by atoms with Crippen molar-refractivity contribution in [3.8, 4) is 0 Å². The van der Waals surface area contributed by atoms with Crippen LogP contribution in [0.2, 0.25) is 5.02 Å². The third kappa shape index (κ3) is 3.67. The van der Waals surface area contributed by atoms with E-state index in [9.17, 15) is 25.0 Å². The van der Waals surface area contributed by atoms with Crippen molar-refractivity contribution in [3.05, 3.63) is 73.3 Å². The first kappa shape index (κ1) is 18.2. The van der Waals surface area contributed by atoms with Gasteiger partial charge in [-0.05, 0) is 31.2 Å². The molecule has 0 amide bonds. The van der Waals surface area contributed by atoms with Crippen molar-refractivity contribution in [2.45, 2.75) is 6.92 Å². The van der Waals surface area contributed by atoms with Crippen LogP contribution in [0.1, 0.15) is 17.3 Å². The molecule has 136 valence electrons. The van der Waals surface area contributed by atoms with Crippen molar-refractivity contribution in [1.82, 2.24) is 4.98 Å². The van der Waals surface area contributed by atoms with E-state index in [0.717, 1.165) is 0 Å². The van der Waals surface area contributed by atoms with E-state index in [2.05, 4.69) is 10.3 Å². The number of hydrogen-bond donors (Lipinski definition) is 1. The van der Waals surface area contributed by atoms with Crippen LogP contribution < -0.4 is 5.32 Å². The average Bonchev–Trinajstić information content (AvgIpc) is 2.61. The number of fused-ring (bicyclic) bond motifs is 1. The van der Waals surface area contributed by atoms with E-state index >= 15 is 0 Å². The largest absolute Gasteiger partial charge is 0.340 e. The summed E-state index contributed by atoms with van der Waals surface area (Å²) in [6.45, 7) is 1.34. The molecule has 1 aromatic heterocycles. The smallest absolute Gasteiger partial charge is 0.297 e. The summed E-state index contributed by atoms with van der Waals surface area (Å²) in [5, 5.41) is 25.4. The summed E-state index contributed by atoms with van der Waals surface area (Å²) in [7, 11) is 0. The number of nitro benzene ring substituents is 2. The molecular weight excluding hydrogens is 376 g/mol. The molecule has 0 unspecified atom stereocenters. The lowest BCUT2D eigenvalue weighted by molar-refractivity contribution is -0.384. The minimum Gasteiger partial charge on any atom is -0.340 e. The molecule has 0 aliphatic rings. The zero-order valence-electron chi connectivity index (χ0n) is 13.8. The number of hydrogen-bond acceptors (Lipinski definition) is 7. The molecule has 2 aromatic carbocycles. The second-order valence-electron chi connectivity index (χ2n) is 5.62. The van der Waals surface area contributed by atoms with Gasteiger partial charge in [0.15, 0.2) is 11.3 Å². The third-order valence-corrected chi connectivity index (χ3v) is 4.00. The quantitative estimate of drug-likeness (QED) is 0.383. The molecule has 0 bridgehead atoms. The Labute approximate surface area is 156 Å². The lowest BCUT2D eigenvalue weighted by atomic mass is 10.1. The highest BCUT2D eigenvalue weighted by molar-refractivity contribution is 6.31. The van der Waals surface area contributed by atoms with Crippen molar-refractivity contribution in [3.63, 3.8) is 0 Å². The predicted molar refractivity (Wildman–Crippen MR) is 99.8 cm³/mol. The van der Waals surface area contributed by atoms with Crippen molar-refractivity contribution >= 4 is 51.2 Å². The predicted octanol–water partition coefficient (Wildman–Crippen LogP) is 4.65. The van der Waals surface area contributed by atoms with Crippen LogP contribution in [0.4, 0.5) is 22.9 Å². The molecule has 1 N–H and O–H groups in total. The topological polar surface area (TPSA) is 128 Å². The second-order valence-corrected chi connectivity index (χ2v) is 6.06. The monoisotopic (exact) mass is 386 g/mol. The van der Waals surface area contributed by atoms with Gasteiger partial charge in [-0.25, -0.2) is 4.98 Å². The number of carbonyl (C=O) groups excluding carboxylic acids is 1. The van der Waals surface area contributed by atoms with E-state index in [0.29, 0.717) is 11.1 Å². The average molecular weight is 387 g/mol. The molecule has 0 saturated carbocycles. The minimum atomic E-state index is -0.607. The highest BCUT2D eigenvalue weighted by atomic mass is 35.5. The molecule has 27 heavy (non-hydrogen) atoms. The zero-order chi connectivity index (χ0) is 19.7. The zero-order valence-corrected chi connectivity index (χ0v) is 14.6. The molecule has 0 aliphatic heterocycles. The third-order valence-electron chi connectivity index (χ3n) is 3.78. The summed E-state index contributed by atoms with van der Waals surface area (Å²) in [6.07, 6.45) is 0. The minimum absolute atomic E-state index is 0.0683. The number of nitro groups is 2. The lowest BCUT2D eigenvalue weighted by Crippen LogP contribution is -2.04. The molecular formula is C17H11ClN4O5. The van der Waals surface area contributed by atoms with Crippen molar-refractivity contribution < 1.29 is 14.6 Å². The van der Waals surface area contributed by atoms with Crippen LogP contribution in [0.5, 0.6) is 0 Å². The van der Waals surface area contributed by atoms with E-state index in [4.69, 9.17) is 11.6 Å². The number of halogens is 1. The van der Waals surface area contributed by atoms with Crippen LogP contribution in [0.15, 0.2) is 42.5 Å². The van der Waals surface area contributed by atoms with E-state index in [1.807, 2.05) is 0 Å². The molecule has 0 spiro atoms. The number of ketones is 1. The molecule has 0 saturated heterocycles. The summed E-state index contributed by atoms with van der Waals surface area (Å²) in [4.78, 5) is 37.2. The van der Waals surface area contributed by atoms with Gasteiger partial charge < -0.3 is 5.32 Å². The van der Waals surface area contributed by atoms with E-state index < -0.39 is 9.85 Å². The Bertz CT molecular complexity index is 1100. The maximum absolute atomic E-state index is 12.0. The van der Waals surface area contributed by atoms with Gasteiger partial charge in [0.25, 0.3) is 11.4 Å². The number of pyridine rings is 1. The number of benzene rings is 2. The Kier molecular flexibility index (Phi) is 4.70. The summed E-state index contributed by atoms with van der Waals surface area (Å²) < 4.78 is 0. The maximum atomic E-state index is 12.0. The number of aromatic nitrogens is 1. The first-order valence-corrected chi connectivity index (χ1v) is 7.95. The second kappa shape index (κ2) is 6.96. The van der Waals surface area contributed by atoms with E-state index in [1.54, 1.807) is 0 Å². The SMILES string of the molecule is CC(=O)c1cc2cc(Cl)cc([N+](=O)[O-])c2nc1Nc1ccc([N+](=O)[O-])cc1. The molecule has 0 atom stereocenters. The Morgan fingerprint density at radius 1 is 1.07 bits per heavy atom. The lowest BCUT2D eigenvalue weighted by Gasteiger charge is -2.11. The van der Waals surface area contributed by atoms with E-state index in [-0.39, 0.29) is 39.1 Å². The van der Waals surface area contributed by atoms with Gasteiger partial charge in [0.05, 0.1) is 15.4 Å². The molecule has 1 heterocycles. The van der Waals surface area contributed by atoms with Crippen molar-refractivity contribution in [2.24, 2.45) is 0 Å². The Morgan fingerprint density at radius 3 is 2.30 bits per heavy atom. The fraction of sp³-hybridized carbons (Fsp3) is 0.0588. The van der Waals surface area contributed by atoms with Crippen LogP contribution in [0.25, 0.3) is 10.9 Å². The number of carbonyl (C=O) groups is 1. The molecule has 0 fully saturated rings. The van der Waals surface area contributed by atoms with Crippen molar-refractivity contribution in [1.29, 1.82) is 0 Å². The Hall–Kier alpha value is -3.59. The van der Waals surface area contributed by atoms with Gasteiger partial charge in [0, 0.05) is 34.3 Å². The maximum Gasteiger partial charge on any atom is 0.297 e. The standard InChI is InChI=1S/C17H11ClN4O5/c1-9(23)14-7-10-6-11(18)8-15(22(26)27)16(10)20-17(14)19-12-2-4-13(5-3-12)21(24)25/h2-8H,1H3,(H,19,20). The normalized spacial score (nSPS) is 10.6. The summed E-state index contributed by atoms with van der Waals surface area (Å²) >= 11 is 5.92. The van der Waals surface area contributed by atoms with Crippen LogP contribution in [-0.2, 0) is 0 Å². The summed E-state index contributed by atoms with van der Waals surface area (Å²) in [5.74, 6) is -0.203. The van der Waals surface area contributed by atoms with Gasteiger partial charge in [0.1, 0.15) is 5.82 Å². The molecule has 0 radical (unpaired) electrons. The van der Waals surface area contributed by atoms with Gasteiger partial charge >= 0.3 is 0 Å². The molecule has 0 aliphatic carbocycles. The number of non-ortho nitro benzene ring substituents is 2. The first-order chi connectivity index (χ1) is 12.8.